The third-order valence-electron chi connectivity index (χ3n) is 2.01. The van der Waals surface area contributed by atoms with Crippen molar-refractivity contribution in [1.29, 1.82) is 0 Å². The lowest BCUT2D eigenvalue weighted by Crippen LogP contribution is -2.05. The molecule has 2 rings (SSSR count). The van der Waals surface area contributed by atoms with Crippen molar-refractivity contribution in [2.24, 2.45) is 0 Å². The minimum atomic E-state index is -3.15. The Balaban J connectivity index is 2.68. The molecule has 0 saturated carbocycles. The summed E-state index contributed by atoms with van der Waals surface area (Å²) >= 11 is 5.68. The van der Waals surface area contributed by atoms with Crippen LogP contribution >= 0.6 is 11.6 Å². The topological polar surface area (TPSA) is 59.7 Å². The van der Waals surface area contributed by atoms with Crippen molar-refractivity contribution < 1.29 is 27.8 Å². The predicted octanol–water partition coefficient (Wildman–Crippen LogP) is 3.39. The summed E-state index contributed by atoms with van der Waals surface area (Å²) in [6.07, 6.45) is 0. The maximum Gasteiger partial charge on any atom is 0.387 e. The summed E-state index contributed by atoms with van der Waals surface area (Å²) in [6.45, 7) is -3.15. The zero-order chi connectivity index (χ0) is 12.6. The van der Waals surface area contributed by atoms with Gasteiger partial charge in [-0.1, -0.05) is 11.6 Å². The molecule has 0 saturated heterocycles. The summed E-state index contributed by atoms with van der Waals surface area (Å²) in [5, 5.41) is 9.15. The normalized spacial score (nSPS) is 11.1. The van der Waals surface area contributed by atoms with Crippen LogP contribution in [0.15, 0.2) is 22.6 Å². The number of ether oxygens (including phenoxy) is 1. The molecule has 90 valence electrons. The number of halogens is 3. The van der Waals surface area contributed by atoms with Gasteiger partial charge in [-0.25, -0.2) is 4.79 Å². The lowest BCUT2D eigenvalue weighted by atomic mass is 10.2. The molecule has 1 aromatic carbocycles. The van der Waals surface area contributed by atoms with Crippen LogP contribution in [0.5, 0.6) is 5.75 Å². The van der Waals surface area contributed by atoms with Crippen LogP contribution in [-0.2, 0) is 0 Å². The maximum absolute atomic E-state index is 12.2. The minimum absolute atomic E-state index is 0.0928. The maximum atomic E-state index is 12.2. The highest BCUT2D eigenvalue weighted by atomic mass is 35.5. The van der Waals surface area contributed by atoms with Gasteiger partial charge in [-0.3, -0.25) is 0 Å². The van der Waals surface area contributed by atoms with Crippen molar-refractivity contribution in [2.45, 2.75) is 6.61 Å². The summed E-state index contributed by atoms with van der Waals surface area (Å²) in [4.78, 5) is 10.8. The van der Waals surface area contributed by atoms with Crippen LogP contribution in [0.2, 0.25) is 5.02 Å². The highest BCUT2D eigenvalue weighted by Gasteiger charge is 2.24. The molecule has 0 aliphatic heterocycles. The minimum Gasteiger partial charge on any atom is -0.475 e. The molecule has 0 spiro atoms. The standard InChI is InChI=1S/C10H5ClF2O4/c11-4-1-2-6-5(3-4)7(17-10(12)13)8(16-6)9(14)15/h1-3,10H,(H,14,15). The van der Waals surface area contributed by atoms with Crippen LogP contribution in [0.4, 0.5) is 8.78 Å². The van der Waals surface area contributed by atoms with Gasteiger partial charge in [-0.05, 0) is 18.2 Å². The van der Waals surface area contributed by atoms with E-state index in [0.29, 0.717) is 0 Å². The zero-order valence-corrected chi connectivity index (χ0v) is 8.87. The van der Waals surface area contributed by atoms with Crippen molar-refractivity contribution >= 4 is 28.5 Å². The Kier molecular flexibility index (Phi) is 2.89. The second-order valence-corrected chi connectivity index (χ2v) is 3.52. The first-order chi connectivity index (χ1) is 7.99. The van der Waals surface area contributed by atoms with E-state index in [1.165, 1.54) is 18.2 Å². The van der Waals surface area contributed by atoms with Gasteiger partial charge in [0.05, 0.1) is 5.39 Å². The molecule has 0 aliphatic rings. The molecule has 0 radical (unpaired) electrons. The summed E-state index contributed by atoms with van der Waals surface area (Å²) in [7, 11) is 0. The van der Waals surface area contributed by atoms with Crippen molar-refractivity contribution in [2.75, 3.05) is 0 Å². The molecular weight excluding hydrogens is 258 g/mol. The van der Waals surface area contributed by atoms with Gasteiger partial charge in [-0.2, -0.15) is 8.78 Å². The van der Waals surface area contributed by atoms with Crippen molar-refractivity contribution in [3.63, 3.8) is 0 Å². The number of hydrogen-bond donors (Lipinski definition) is 1. The quantitative estimate of drug-likeness (QED) is 0.921. The average molecular weight is 263 g/mol. The van der Waals surface area contributed by atoms with Gasteiger partial charge in [0.1, 0.15) is 5.58 Å². The fraction of sp³-hybridized carbons (Fsp3) is 0.100. The summed E-state index contributed by atoms with van der Waals surface area (Å²) in [5.41, 5.74) is 0.113. The first-order valence-electron chi connectivity index (χ1n) is 4.39. The second-order valence-electron chi connectivity index (χ2n) is 3.08. The average Bonchev–Trinajstić information content (AvgIpc) is 2.56. The summed E-state index contributed by atoms with van der Waals surface area (Å²) in [6, 6.07) is 4.12. The predicted molar refractivity (Wildman–Crippen MR) is 54.8 cm³/mol. The molecule has 7 heteroatoms. The first-order valence-corrected chi connectivity index (χ1v) is 4.77. The Morgan fingerprint density at radius 1 is 1.47 bits per heavy atom. The van der Waals surface area contributed by atoms with E-state index >= 15 is 0 Å². The van der Waals surface area contributed by atoms with Crippen molar-refractivity contribution in [3.8, 4) is 5.75 Å². The number of alkyl halides is 2. The number of aromatic carboxylic acids is 1. The number of benzene rings is 1. The molecule has 0 amide bonds. The summed E-state index contributed by atoms with van der Waals surface area (Å²) in [5.74, 6) is -2.69. The number of carboxylic acids is 1. The van der Waals surface area contributed by atoms with E-state index in [9.17, 15) is 13.6 Å². The molecular formula is C10H5ClF2O4. The summed E-state index contributed by atoms with van der Waals surface area (Å²) < 4.78 is 33.4. The van der Waals surface area contributed by atoms with Crippen LogP contribution in [0, 0.1) is 0 Å². The number of carboxylic acid groups (broad SMARTS) is 1. The third kappa shape index (κ3) is 2.16. The monoisotopic (exact) mass is 262 g/mol. The van der Waals surface area contributed by atoms with E-state index in [2.05, 4.69) is 4.74 Å². The van der Waals surface area contributed by atoms with E-state index in [1.807, 2.05) is 0 Å². The Bertz CT molecular complexity index is 579. The molecule has 0 bridgehead atoms. The van der Waals surface area contributed by atoms with Crippen LogP contribution < -0.4 is 4.74 Å². The number of rotatable bonds is 3. The van der Waals surface area contributed by atoms with Crippen LogP contribution in [0.1, 0.15) is 10.6 Å². The van der Waals surface area contributed by atoms with Gasteiger partial charge >= 0.3 is 12.6 Å². The first kappa shape index (κ1) is 11.7. The highest BCUT2D eigenvalue weighted by Crippen LogP contribution is 2.35. The molecule has 1 aromatic heterocycles. The molecule has 4 nitrogen and oxygen atoms in total. The van der Waals surface area contributed by atoms with E-state index in [4.69, 9.17) is 21.1 Å². The largest absolute Gasteiger partial charge is 0.475 e. The van der Waals surface area contributed by atoms with Crippen molar-refractivity contribution in [3.05, 3.63) is 29.0 Å². The van der Waals surface area contributed by atoms with Gasteiger partial charge in [0.25, 0.3) is 5.76 Å². The van der Waals surface area contributed by atoms with Gasteiger partial charge in [0, 0.05) is 5.02 Å². The Labute approximate surface area is 98.3 Å². The van der Waals surface area contributed by atoms with Crippen LogP contribution in [0.3, 0.4) is 0 Å². The van der Waals surface area contributed by atoms with E-state index in [0.717, 1.165) is 0 Å². The van der Waals surface area contributed by atoms with Gasteiger partial charge in [0.15, 0.2) is 5.75 Å². The Morgan fingerprint density at radius 2 is 2.18 bits per heavy atom. The number of hydrogen-bond acceptors (Lipinski definition) is 3. The lowest BCUT2D eigenvalue weighted by Gasteiger charge is -2.02. The Morgan fingerprint density at radius 3 is 2.76 bits per heavy atom. The second kappa shape index (κ2) is 4.21. The molecule has 0 fully saturated rings. The molecule has 0 atom stereocenters. The van der Waals surface area contributed by atoms with E-state index in [-0.39, 0.29) is 16.0 Å². The molecule has 1 heterocycles. The highest BCUT2D eigenvalue weighted by molar-refractivity contribution is 6.31. The van der Waals surface area contributed by atoms with Crippen LogP contribution in [-0.4, -0.2) is 17.7 Å². The SMILES string of the molecule is O=C(O)c1oc2ccc(Cl)cc2c1OC(F)F. The van der Waals surface area contributed by atoms with Crippen molar-refractivity contribution in [1.82, 2.24) is 0 Å². The van der Waals surface area contributed by atoms with E-state index in [1.54, 1.807) is 0 Å². The van der Waals surface area contributed by atoms with Gasteiger partial charge in [0.2, 0.25) is 0 Å². The molecule has 1 N–H and O–H groups in total. The fourth-order valence-electron chi connectivity index (χ4n) is 1.39. The smallest absolute Gasteiger partial charge is 0.387 e. The molecule has 2 aromatic rings. The Hall–Kier alpha value is -1.82. The number of furan rings is 1. The number of fused-ring (bicyclic) bond motifs is 1. The molecule has 0 unspecified atom stereocenters. The molecule has 0 aliphatic carbocycles. The van der Waals surface area contributed by atoms with Crippen LogP contribution in [0.25, 0.3) is 11.0 Å². The number of carbonyl (C=O) groups is 1. The molecule has 17 heavy (non-hydrogen) atoms. The lowest BCUT2D eigenvalue weighted by molar-refractivity contribution is -0.0499. The van der Waals surface area contributed by atoms with Gasteiger partial charge in [-0.15, -0.1) is 0 Å². The third-order valence-corrected chi connectivity index (χ3v) is 2.24. The van der Waals surface area contributed by atoms with Gasteiger partial charge < -0.3 is 14.3 Å². The fourth-order valence-corrected chi connectivity index (χ4v) is 1.57. The van der Waals surface area contributed by atoms with E-state index < -0.39 is 24.1 Å². The zero-order valence-electron chi connectivity index (χ0n) is 8.12.